The molecule has 0 atom stereocenters. The lowest BCUT2D eigenvalue weighted by molar-refractivity contribution is 0.146. The highest BCUT2D eigenvalue weighted by molar-refractivity contribution is 6.32. The van der Waals surface area contributed by atoms with Crippen molar-refractivity contribution in [3.63, 3.8) is 0 Å². The zero-order valence-corrected chi connectivity index (χ0v) is 6.52. The SMILES string of the molecule is Nc1nc(C(F)F)cc(Cl)c1O. The van der Waals surface area contributed by atoms with Crippen molar-refractivity contribution in [2.75, 3.05) is 5.73 Å². The summed E-state index contributed by atoms with van der Waals surface area (Å²) in [4.78, 5) is 3.23. The molecule has 0 fully saturated rings. The van der Waals surface area contributed by atoms with E-state index in [4.69, 9.17) is 22.4 Å². The fraction of sp³-hybridized carbons (Fsp3) is 0.167. The zero-order valence-electron chi connectivity index (χ0n) is 5.76. The first kappa shape index (κ1) is 8.99. The van der Waals surface area contributed by atoms with Crippen molar-refractivity contribution in [1.29, 1.82) is 0 Å². The van der Waals surface area contributed by atoms with Gasteiger partial charge in [-0.15, -0.1) is 0 Å². The Hall–Kier alpha value is -1.10. The molecule has 3 nitrogen and oxygen atoms in total. The summed E-state index contributed by atoms with van der Waals surface area (Å²) in [6.45, 7) is 0. The van der Waals surface area contributed by atoms with Crippen molar-refractivity contribution in [2.24, 2.45) is 0 Å². The first-order valence-corrected chi connectivity index (χ1v) is 3.33. The highest BCUT2D eigenvalue weighted by Gasteiger charge is 2.13. The molecule has 12 heavy (non-hydrogen) atoms. The maximum absolute atomic E-state index is 12.0. The van der Waals surface area contributed by atoms with Gasteiger partial charge in [-0.2, -0.15) is 0 Å². The molecular formula is C6H5ClF2N2O. The topological polar surface area (TPSA) is 59.1 Å². The molecule has 0 aliphatic heterocycles. The predicted molar refractivity (Wildman–Crippen MR) is 40.3 cm³/mol. The Balaban J connectivity index is 3.21. The first-order valence-electron chi connectivity index (χ1n) is 2.95. The van der Waals surface area contributed by atoms with E-state index in [0.717, 1.165) is 6.07 Å². The van der Waals surface area contributed by atoms with Crippen LogP contribution in [0.3, 0.4) is 0 Å². The molecular weight excluding hydrogens is 190 g/mol. The van der Waals surface area contributed by atoms with E-state index in [2.05, 4.69) is 4.98 Å². The van der Waals surface area contributed by atoms with Crippen molar-refractivity contribution < 1.29 is 13.9 Å². The van der Waals surface area contributed by atoms with Crippen LogP contribution >= 0.6 is 11.6 Å². The summed E-state index contributed by atoms with van der Waals surface area (Å²) in [6, 6.07) is 0.873. The Bertz CT molecular complexity index is 283. The van der Waals surface area contributed by atoms with E-state index >= 15 is 0 Å². The number of nitrogens with zero attached hydrogens (tertiary/aromatic N) is 1. The van der Waals surface area contributed by atoms with E-state index in [1.807, 2.05) is 0 Å². The van der Waals surface area contributed by atoms with Crippen molar-refractivity contribution in [1.82, 2.24) is 4.98 Å². The monoisotopic (exact) mass is 194 g/mol. The Morgan fingerprint density at radius 2 is 2.17 bits per heavy atom. The van der Waals surface area contributed by atoms with E-state index in [1.54, 1.807) is 0 Å². The molecule has 0 spiro atoms. The number of anilines is 1. The number of nitrogens with two attached hydrogens (primary N) is 1. The van der Waals surface area contributed by atoms with Crippen molar-refractivity contribution >= 4 is 17.4 Å². The van der Waals surface area contributed by atoms with Crippen LogP contribution < -0.4 is 5.73 Å². The Labute approximate surface area is 71.8 Å². The van der Waals surface area contributed by atoms with Gasteiger partial charge in [0, 0.05) is 0 Å². The molecule has 0 aromatic carbocycles. The third-order valence-electron chi connectivity index (χ3n) is 1.22. The summed E-state index contributed by atoms with van der Waals surface area (Å²) < 4.78 is 24.0. The van der Waals surface area contributed by atoms with Crippen LogP contribution in [-0.2, 0) is 0 Å². The van der Waals surface area contributed by atoms with Crippen LogP contribution in [0.5, 0.6) is 5.75 Å². The molecule has 0 amide bonds. The molecule has 1 heterocycles. The van der Waals surface area contributed by atoms with E-state index in [-0.39, 0.29) is 5.02 Å². The van der Waals surface area contributed by atoms with Gasteiger partial charge in [-0.3, -0.25) is 0 Å². The first-order chi connectivity index (χ1) is 5.52. The van der Waals surface area contributed by atoms with E-state index in [9.17, 15) is 8.78 Å². The van der Waals surface area contributed by atoms with Crippen LogP contribution in [0.1, 0.15) is 12.1 Å². The second kappa shape index (κ2) is 3.10. The molecule has 1 aromatic heterocycles. The van der Waals surface area contributed by atoms with Gasteiger partial charge >= 0.3 is 0 Å². The maximum Gasteiger partial charge on any atom is 0.280 e. The number of pyridine rings is 1. The molecule has 0 unspecified atom stereocenters. The van der Waals surface area contributed by atoms with Crippen molar-refractivity contribution in [3.05, 3.63) is 16.8 Å². The van der Waals surface area contributed by atoms with E-state index < -0.39 is 23.7 Å². The molecule has 1 aromatic rings. The van der Waals surface area contributed by atoms with Crippen LogP contribution in [0, 0.1) is 0 Å². The number of hydrogen-bond acceptors (Lipinski definition) is 3. The minimum atomic E-state index is -2.75. The third kappa shape index (κ3) is 1.55. The maximum atomic E-state index is 12.0. The van der Waals surface area contributed by atoms with Gasteiger partial charge in [0.05, 0.1) is 5.02 Å². The summed E-state index contributed by atoms with van der Waals surface area (Å²) in [5.74, 6) is -0.862. The average molecular weight is 195 g/mol. The quantitative estimate of drug-likeness (QED) is 0.719. The van der Waals surface area contributed by atoms with Gasteiger partial charge in [0.2, 0.25) is 0 Å². The second-order valence-electron chi connectivity index (χ2n) is 2.06. The number of aromatic hydroxyl groups is 1. The van der Waals surface area contributed by atoms with Crippen molar-refractivity contribution in [2.45, 2.75) is 6.43 Å². The zero-order chi connectivity index (χ0) is 9.30. The lowest BCUT2D eigenvalue weighted by atomic mass is 10.3. The van der Waals surface area contributed by atoms with Crippen molar-refractivity contribution in [3.8, 4) is 5.75 Å². The lowest BCUT2D eigenvalue weighted by Gasteiger charge is -2.03. The third-order valence-corrected chi connectivity index (χ3v) is 1.50. The average Bonchev–Trinajstić information content (AvgIpc) is 1.99. The molecule has 0 aliphatic rings. The number of aromatic nitrogens is 1. The van der Waals surface area contributed by atoms with Crippen LogP contribution in [0.2, 0.25) is 5.02 Å². The van der Waals surface area contributed by atoms with Gasteiger partial charge in [0.25, 0.3) is 6.43 Å². The highest BCUT2D eigenvalue weighted by Crippen LogP contribution is 2.31. The normalized spacial score (nSPS) is 10.7. The van der Waals surface area contributed by atoms with E-state index in [1.165, 1.54) is 0 Å². The number of halogens is 3. The highest BCUT2D eigenvalue weighted by atomic mass is 35.5. The molecule has 6 heteroatoms. The van der Waals surface area contributed by atoms with E-state index in [0.29, 0.717) is 0 Å². The molecule has 0 bridgehead atoms. The lowest BCUT2D eigenvalue weighted by Crippen LogP contribution is -1.96. The Morgan fingerprint density at radius 3 is 2.58 bits per heavy atom. The molecule has 0 saturated carbocycles. The Morgan fingerprint density at radius 1 is 1.58 bits per heavy atom. The number of rotatable bonds is 1. The predicted octanol–water partition coefficient (Wildman–Crippen LogP) is 1.96. The largest absolute Gasteiger partial charge is 0.503 e. The standard InChI is InChI=1S/C6H5ClF2N2O/c7-2-1-3(5(8)9)11-6(10)4(2)12/h1,5,12H,(H2,10,11). The minimum absolute atomic E-state index is 0.224. The molecule has 0 saturated heterocycles. The van der Waals surface area contributed by atoms with Crippen LogP contribution in [-0.4, -0.2) is 10.1 Å². The summed E-state index contributed by atoms with van der Waals surface area (Å²) in [6.07, 6.45) is -2.75. The van der Waals surface area contributed by atoms with Crippen LogP contribution in [0.4, 0.5) is 14.6 Å². The molecule has 66 valence electrons. The van der Waals surface area contributed by atoms with Gasteiger partial charge in [0.15, 0.2) is 11.6 Å². The smallest absolute Gasteiger partial charge is 0.280 e. The van der Waals surface area contributed by atoms with Crippen LogP contribution in [0.25, 0.3) is 0 Å². The second-order valence-corrected chi connectivity index (χ2v) is 2.47. The Kier molecular flexibility index (Phi) is 2.32. The summed E-state index contributed by atoms with van der Waals surface area (Å²) in [5.41, 5.74) is 4.53. The van der Waals surface area contributed by atoms with Gasteiger partial charge in [-0.25, -0.2) is 13.8 Å². The molecule has 0 aliphatic carbocycles. The van der Waals surface area contributed by atoms with Gasteiger partial charge < -0.3 is 10.8 Å². The number of hydrogen-bond donors (Lipinski definition) is 2. The fourth-order valence-corrected chi connectivity index (χ4v) is 0.865. The summed E-state index contributed by atoms with van der Waals surface area (Å²) >= 11 is 5.36. The molecule has 0 radical (unpaired) electrons. The van der Waals surface area contributed by atoms with Crippen LogP contribution in [0.15, 0.2) is 6.07 Å². The van der Waals surface area contributed by atoms with Gasteiger partial charge in [-0.1, -0.05) is 11.6 Å². The summed E-state index contributed by atoms with van der Waals surface area (Å²) in [5, 5.41) is 8.72. The van der Waals surface area contributed by atoms with Gasteiger partial charge in [0.1, 0.15) is 5.69 Å². The minimum Gasteiger partial charge on any atom is -0.503 e. The fourth-order valence-electron chi connectivity index (χ4n) is 0.657. The molecule has 1 rings (SSSR count). The van der Waals surface area contributed by atoms with Gasteiger partial charge in [-0.05, 0) is 6.07 Å². The molecule has 3 N–H and O–H groups in total. The number of nitrogen functional groups attached to an aromatic ring is 1. The summed E-state index contributed by atoms with van der Waals surface area (Å²) in [7, 11) is 0. The number of alkyl halides is 2.